The first-order chi connectivity index (χ1) is 13.9. The molecule has 10 nitrogen and oxygen atoms in total. The third-order valence-electron chi connectivity index (χ3n) is 4.67. The van der Waals surface area contributed by atoms with Crippen molar-refractivity contribution >= 4 is 23.7 Å². The zero-order valence-electron chi connectivity index (χ0n) is 18.7. The van der Waals surface area contributed by atoms with Crippen LogP contribution in [0.5, 0.6) is 0 Å². The van der Waals surface area contributed by atoms with Gasteiger partial charge in [0.1, 0.15) is 18.1 Å². The number of carbonyl (C=O) groups excluding carboxylic acids is 3. The van der Waals surface area contributed by atoms with Crippen molar-refractivity contribution in [3.8, 4) is 0 Å². The van der Waals surface area contributed by atoms with Crippen molar-refractivity contribution in [2.75, 3.05) is 6.54 Å². The second kappa shape index (κ2) is 13.9. The van der Waals surface area contributed by atoms with E-state index in [0.29, 0.717) is 32.2 Å². The van der Waals surface area contributed by atoms with E-state index in [0.717, 1.165) is 0 Å². The lowest BCUT2D eigenvalue weighted by atomic mass is 9.99. The largest absolute Gasteiger partial charge is 0.480 e. The van der Waals surface area contributed by atoms with Crippen molar-refractivity contribution in [2.45, 2.75) is 84.5 Å². The van der Waals surface area contributed by atoms with Crippen LogP contribution in [0.4, 0.5) is 0 Å². The van der Waals surface area contributed by atoms with E-state index < -0.39 is 47.9 Å². The summed E-state index contributed by atoms with van der Waals surface area (Å²) in [6.45, 7) is 9.22. The van der Waals surface area contributed by atoms with Gasteiger partial charge in [0.2, 0.25) is 17.7 Å². The zero-order valence-corrected chi connectivity index (χ0v) is 18.7. The van der Waals surface area contributed by atoms with E-state index in [9.17, 15) is 19.2 Å². The smallest absolute Gasteiger partial charge is 0.325 e. The minimum Gasteiger partial charge on any atom is -0.480 e. The lowest BCUT2D eigenvalue weighted by Gasteiger charge is -2.26. The number of unbranched alkanes of at least 4 members (excludes halogenated alkanes) is 1. The maximum Gasteiger partial charge on any atom is 0.325 e. The van der Waals surface area contributed by atoms with Gasteiger partial charge in [0.25, 0.3) is 0 Å². The van der Waals surface area contributed by atoms with Crippen molar-refractivity contribution < 1.29 is 24.3 Å². The monoisotopic (exact) mass is 429 g/mol. The first kappa shape index (κ1) is 27.8. The Morgan fingerprint density at radius 3 is 1.83 bits per heavy atom. The summed E-state index contributed by atoms with van der Waals surface area (Å²) in [6, 6.07) is -3.64. The van der Waals surface area contributed by atoms with Crippen LogP contribution < -0.4 is 27.4 Å². The molecular formula is C20H39N5O5. The van der Waals surface area contributed by atoms with Crippen LogP contribution in [0.3, 0.4) is 0 Å². The van der Waals surface area contributed by atoms with E-state index in [1.165, 1.54) is 6.92 Å². The molecule has 0 saturated carbocycles. The van der Waals surface area contributed by atoms with Gasteiger partial charge in [-0.3, -0.25) is 19.2 Å². The molecule has 0 heterocycles. The van der Waals surface area contributed by atoms with Gasteiger partial charge in [-0.15, -0.1) is 0 Å². The van der Waals surface area contributed by atoms with Gasteiger partial charge in [0.15, 0.2) is 0 Å². The lowest BCUT2D eigenvalue weighted by molar-refractivity contribution is -0.141. The first-order valence-electron chi connectivity index (χ1n) is 10.5. The number of rotatable bonds is 14. The molecule has 174 valence electrons. The summed E-state index contributed by atoms with van der Waals surface area (Å²) in [5, 5.41) is 16.7. The van der Waals surface area contributed by atoms with Crippen LogP contribution in [0.2, 0.25) is 0 Å². The molecule has 0 aliphatic heterocycles. The summed E-state index contributed by atoms with van der Waals surface area (Å²) in [4.78, 5) is 48.8. The number of hydrogen-bond acceptors (Lipinski definition) is 6. The molecular weight excluding hydrogens is 390 g/mol. The molecule has 10 heteroatoms. The number of hydrogen-bond donors (Lipinski definition) is 6. The molecule has 0 aromatic rings. The highest BCUT2D eigenvalue weighted by molar-refractivity contribution is 5.94. The molecule has 0 aromatic carbocycles. The molecule has 4 atom stereocenters. The predicted octanol–water partition coefficient (Wildman–Crippen LogP) is -0.296. The number of nitrogens with two attached hydrogens (primary N) is 2. The quantitative estimate of drug-likeness (QED) is 0.205. The van der Waals surface area contributed by atoms with Crippen LogP contribution in [0.15, 0.2) is 0 Å². The van der Waals surface area contributed by atoms with E-state index in [1.807, 2.05) is 27.7 Å². The summed E-state index contributed by atoms with van der Waals surface area (Å²) in [5.41, 5.74) is 11.4. The normalized spacial score (nSPS) is 15.2. The minimum atomic E-state index is -1.18. The number of carboxylic acid groups (broad SMARTS) is 1. The molecule has 0 aromatic heterocycles. The van der Waals surface area contributed by atoms with Crippen LogP contribution in [-0.4, -0.2) is 59.5 Å². The number of carboxylic acids is 1. The Morgan fingerprint density at radius 1 is 0.833 bits per heavy atom. The number of amides is 3. The molecule has 0 spiro atoms. The molecule has 4 unspecified atom stereocenters. The molecule has 0 radical (unpaired) electrons. The van der Waals surface area contributed by atoms with Crippen molar-refractivity contribution in [2.24, 2.45) is 23.3 Å². The maximum absolute atomic E-state index is 12.9. The standard InChI is InChI=1S/C20H39N5O5/c1-11(2)10-15(25-19(28)16(22)12(3)4)18(27)24-14(8-6-7-9-21)17(26)23-13(5)20(29)30/h11-16H,6-10,21-22H2,1-5H3,(H,23,26)(H,24,27)(H,25,28)(H,29,30). The topological polar surface area (TPSA) is 177 Å². The number of carbonyl (C=O) groups is 4. The fraction of sp³-hybridized carbons (Fsp3) is 0.800. The zero-order chi connectivity index (χ0) is 23.4. The van der Waals surface area contributed by atoms with Crippen LogP contribution in [0, 0.1) is 11.8 Å². The Morgan fingerprint density at radius 2 is 1.37 bits per heavy atom. The molecule has 3 amide bonds. The summed E-state index contributed by atoms with van der Waals surface area (Å²) >= 11 is 0. The van der Waals surface area contributed by atoms with Gasteiger partial charge in [0.05, 0.1) is 6.04 Å². The highest BCUT2D eigenvalue weighted by Crippen LogP contribution is 2.09. The summed E-state index contributed by atoms with van der Waals surface area (Å²) in [5.74, 6) is -2.71. The molecule has 0 bridgehead atoms. The van der Waals surface area contributed by atoms with E-state index >= 15 is 0 Å². The van der Waals surface area contributed by atoms with E-state index in [1.54, 1.807) is 0 Å². The average molecular weight is 430 g/mol. The van der Waals surface area contributed by atoms with E-state index in [2.05, 4.69) is 16.0 Å². The Kier molecular flexibility index (Phi) is 12.9. The second-order valence-corrected chi connectivity index (χ2v) is 8.37. The van der Waals surface area contributed by atoms with Gasteiger partial charge in [-0.1, -0.05) is 27.7 Å². The van der Waals surface area contributed by atoms with Crippen LogP contribution in [-0.2, 0) is 19.2 Å². The van der Waals surface area contributed by atoms with Gasteiger partial charge in [-0.05, 0) is 51.0 Å². The summed E-state index contributed by atoms with van der Waals surface area (Å²) < 4.78 is 0. The van der Waals surface area contributed by atoms with Gasteiger partial charge in [-0.2, -0.15) is 0 Å². The highest BCUT2D eigenvalue weighted by Gasteiger charge is 2.30. The molecule has 0 rings (SSSR count). The third kappa shape index (κ3) is 10.5. The predicted molar refractivity (Wildman–Crippen MR) is 114 cm³/mol. The van der Waals surface area contributed by atoms with E-state index in [4.69, 9.17) is 16.6 Å². The second-order valence-electron chi connectivity index (χ2n) is 8.37. The van der Waals surface area contributed by atoms with Gasteiger partial charge in [-0.25, -0.2) is 0 Å². The lowest BCUT2D eigenvalue weighted by Crippen LogP contribution is -2.57. The fourth-order valence-electron chi connectivity index (χ4n) is 2.68. The van der Waals surface area contributed by atoms with Crippen LogP contribution in [0.1, 0.15) is 60.3 Å². The summed E-state index contributed by atoms with van der Waals surface area (Å²) in [6.07, 6.45) is 1.90. The Balaban J connectivity index is 5.34. The van der Waals surface area contributed by atoms with Crippen LogP contribution in [0.25, 0.3) is 0 Å². The Labute approximate surface area is 178 Å². The number of aliphatic carboxylic acids is 1. The molecule has 0 aliphatic carbocycles. The first-order valence-corrected chi connectivity index (χ1v) is 10.5. The molecule has 0 saturated heterocycles. The maximum atomic E-state index is 12.9. The van der Waals surface area contributed by atoms with Crippen molar-refractivity contribution in [3.05, 3.63) is 0 Å². The third-order valence-corrected chi connectivity index (χ3v) is 4.67. The minimum absolute atomic E-state index is 0.0972. The Bertz CT molecular complexity index is 582. The molecule has 0 fully saturated rings. The highest BCUT2D eigenvalue weighted by atomic mass is 16.4. The number of nitrogens with one attached hydrogen (secondary N) is 3. The average Bonchev–Trinajstić information content (AvgIpc) is 2.65. The summed E-state index contributed by atoms with van der Waals surface area (Å²) in [7, 11) is 0. The Hall–Kier alpha value is -2.20. The molecule has 30 heavy (non-hydrogen) atoms. The van der Waals surface area contributed by atoms with Crippen LogP contribution >= 0.6 is 0 Å². The SMILES string of the molecule is CC(C)CC(NC(=O)C(N)C(C)C)C(=O)NC(CCCCN)C(=O)NC(C)C(=O)O. The van der Waals surface area contributed by atoms with Gasteiger partial charge in [0, 0.05) is 0 Å². The van der Waals surface area contributed by atoms with Crippen molar-refractivity contribution in [3.63, 3.8) is 0 Å². The van der Waals surface area contributed by atoms with Crippen molar-refractivity contribution in [1.29, 1.82) is 0 Å². The van der Waals surface area contributed by atoms with Gasteiger partial charge < -0.3 is 32.5 Å². The van der Waals surface area contributed by atoms with Gasteiger partial charge >= 0.3 is 5.97 Å². The molecule has 8 N–H and O–H groups in total. The van der Waals surface area contributed by atoms with Crippen molar-refractivity contribution in [1.82, 2.24) is 16.0 Å². The fourth-order valence-corrected chi connectivity index (χ4v) is 2.68. The molecule has 0 aliphatic rings. The van der Waals surface area contributed by atoms with E-state index in [-0.39, 0.29) is 11.8 Å².